The van der Waals surface area contributed by atoms with Crippen molar-refractivity contribution in [1.82, 2.24) is 9.80 Å². The first-order chi connectivity index (χ1) is 14.7. The highest BCUT2D eigenvalue weighted by atomic mass is 16.7. The Bertz CT molecular complexity index is 983. The second kappa shape index (κ2) is 7.55. The molecule has 1 saturated carbocycles. The number of rotatable bonds is 4. The molecule has 2 aromatic rings. The maximum absolute atomic E-state index is 13.0. The Balaban J connectivity index is 1.18. The predicted octanol–water partition coefficient (Wildman–Crippen LogP) is 2.51. The van der Waals surface area contributed by atoms with Crippen LogP contribution < -0.4 is 14.2 Å². The van der Waals surface area contributed by atoms with Gasteiger partial charge in [-0.3, -0.25) is 9.59 Å². The van der Waals surface area contributed by atoms with Gasteiger partial charge in [-0.05, 0) is 42.2 Å². The Morgan fingerprint density at radius 2 is 1.70 bits per heavy atom. The molecule has 1 aliphatic carbocycles. The summed E-state index contributed by atoms with van der Waals surface area (Å²) in [4.78, 5) is 29.5. The number of amides is 2. The Hall–Kier alpha value is -3.22. The molecule has 2 amide bonds. The van der Waals surface area contributed by atoms with Gasteiger partial charge < -0.3 is 24.0 Å². The highest BCUT2D eigenvalue weighted by molar-refractivity contribution is 5.97. The number of fused-ring (bicyclic) bond motifs is 1. The molecule has 7 nitrogen and oxygen atoms in total. The van der Waals surface area contributed by atoms with Crippen molar-refractivity contribution < 1.29 is 23.8 Å². The fourth-order valence-electron chi connectivity index (χ4n) is 4.34. The van der Waals surface area contributed by atoms with Gasteiger partial charge in [0.15, 0.2) is 11.5 Å². The van der Waals surface area contributed by atoms with Gasteiger partial charge in [0.1, 0.15) is 5.75 Å². The van der Waals surface area contributed by atoms with Crippen LogP contribution in [0.4, 0.5) is 0 Å². The van der Waals surface area contributed by atoms with Crippen LogP contribution in [0, 0.1) is 5.92 Å². The molecule has 30 heavy (non-hydrogen) atoms. The minimum atomic E-state index is -0.0517. The number of carbonyl (C=O) groups excluding carboxylic acids is 2. The van der Waals surface area contributed by atoms with E-state index in [4.69, 9.17) is 14.2 Å². The van der Waals surface area contributed by atoms with E-state index in [1.807, 2.05) is 35.2 Å². The molecule has 0 spiro atoms. The van der Waals surface area contributed by atoms with Crippen molar-refractivity contribution in [3.63, 3.8) is 0 Å². The van der Waals surface area contributed by atoms with E-state index in [1.165, 1.54) is 0 Å². The predicted molar refractivity (Wildman–Crippen MR) is 109 cm³/mol. The zero-order valence-electron chi connectivity index (χ0n) is 16.9. The van der Waals surface area contributed by atoms with Gasteiger partial charge >= 0.3 is 0 Å². The van der Waals surface area contributed by atoms with Crippen LogP contribution in [-0.4, -0.2) is 61.7 Å². The summed E-state index contributed by atoms with van der Waals surface area (Å²) in [5.41, 5.74) is 1.69. The van der Waals surface area contributed by atoms with Gasteiger partial charge in [0.2, 0.25) is 12.7 Å². The molecule has 2 unspecified atom stereocenters. The van der Waals surface area contributed by atoms with Crippen molar-refractivity contribution >= 4 is 11.8 Å². The zero-order chi connectivity index (χ0) is 20.7. The van der Waals surface area contributed by atoms with E-state index in [1.54, 1.807) is 24.1 Å². The fraction of sp³-hybridized carbons (Fsp3) is 0.391. The lowest BCUT2D eigenvalue weighted by molar-refractivity contribution is -0.134. The third-order valence-corrected chi connectivity index (χ3v) is 6.15. The Kier molecular flexibility index (Phi) is 4.73. The van der Waals surface area contributed by atoms with Crippen molar-refractivity contribution in [1.29, 1.82) is 0 Å². The number of nitrogens with zero attached hydrogens (tertiary/aromatic N) is 2. The highest BCUT2D eigenvalue weighted by Gasteiger charge is 2.46. The fourth-order valence-corrected chi connectivity index (χ4v) is 4.34. The van der Waals surface area contributed by atoms with Crippen LogP contribution in [0.1, 0.15) is 28.3 Å². The second-order valence-corrected chi connectivity index (χ2v) is 7.88. The van der Waals surface area contributed by atoms with E-state index in [9.17, 15) is 9.59 Å². The minimum absolute atomic E-state index is 0.0156. The molecular weight excluding hydrogens is 384 g/mol. The monoisotopic (exact) mass is 408 g/mol. The number of hydrogen-bond acceptors (Lipinski definition) is 5. The van der Waals surface area contributed by atoms with Crippen molar-refractivity contribution in [3.05, 3.63) is 53.6 Å². The van der Waals surface area contributed by atoms with Crippen molar-refractivity contribution in [3.8, 4) is 17.2 Å². The quantitative estimate of drug-likeness (QED) is 0.778. The molecule has 0 N–H and O–H groups in total. The molecule has 1 saturated heterocycles. The Morgan fingerprint density at radius 1 is 0.967 bits per heavy atom. The number of benzene rings is 2. The summed E-state index contributed by atoms with van der Waals surface area (Å²) in [7, 11) is 1.56. The van der Waals surface area contributed by atoms with Crippen molar-refractivity contribution in [2.24, 2.45) is 5.92 Å². The second-order valence-electron chi connectivity index (χ2n) is 7.88. The average molecular weight is 408 g/mol. The van der Waals surface area contributed by atoms with Crippen LogP contribution in [0.2, 0.25) is 0 Å². The van der Waals surface area contributed by atoms with Crippen LogP contribution >= 0.6 is 0 Å². The first-order valence-corrected chi connectivity index (χ1v) is 10.3. The maximum Gasteiger partial charge on any atom is 0.257 e. The van der Waals surface area contributed by atoms with Crippen LogP contribution in [0.15, 0.2) is 42.5 Å². The number of ether oxygens (including phenoxy) is 3. The van der Waals surface area contributed by atoms with Gasteiger partial charge in [-0.2, -0.15) is 0 Å². The highest BCUT2D eigenvalue weighted by Crippen LogP contribution is 2.50. The summed E-state index contributed by atoms with van der Waals surface area (Å²) < 4.78 is 16.1. The smallest absolute Gasteiger partial charge is 0.257 e. The molecular formula is C23H24N2O5. The molecule has 2 heterocycles. The first-order valence-electron chi connectivity index (χ1n) is 10.3. The van der Waals surface area contributed by atoms with E-state index < -0.39 is 0 Å². The first kappa shape index (κ1) is 18.8. The van der Waals surface area contributed by atoms with E-state index >= 15 is 0 Å². The molecule has 7 heteroatoms. The van der Waals surface area contributed by atoms with Gasteiger partial charge in [0, 0.05) is 32.1 Å². The number of hydrogen-bond donors (Lipinski definition) is 0. The van der Waals surface area contributed by atoms with Crippen molar-refractivity contribution in [2.45, 2.75) is 12.3 Å². The Labute approximate surface area is 175 Å². The number of piperazine rings is 1. The van der Waals surface area contributed by atoms with Gasteiger partial charge in [-0.1, -0.05) is 18.2 Å². The zero-order valence-corrected chi connectivity index (χ0v) is 16.9. The third kappa shape index (κ3) is 3.34. The number of methoxy groups -OCH3 is 1. The molecule has 5 rings (SSSR count). The average Bonchev–Trinajstić information content (AvgIpc) is 3.46. The Morgan fingerprint density at radius 3 is 2.50 bits per heavy atom. The van der Waals surface area contributed by atoms with E-state index in [0.29, 0.717) is 37.5 Å². The third-order valence-electron chi connectivity index (χ3n) is 6.15. The summed E-state index contributed by atoms with van der Waals surface area (Å²) in [6, 6.07) is 13.2. The molecule has 0 radical (unpaired) electrons. The molecule has 2 aromatic carbocycles. The summed E-state index contributed by atoms with van der Waals surface area (Å²) in [6.45, 7) is 2.44. The summed E-state index contributed by atoms with van der Waals surface area (Å²) in [5, 5.41) is 0. The van der Waals surface area contributed by atoms with Gasteiger partial charge in [0.25, 0.3) is 5.91 Å². The van der Waals surface area contributed by atoms with Gasteiger partial charge in [0.05, 0.1) is 12.7 Å². The lowest BCUT2D eigenvalue weighted by Gasteiger charge is -2.35. The van der Waals surface area contributed by atoms with E-state index in [-0.39, 0.29) is 30.4 Å². The largest absolute Gasteiger partial charge is 0.496 e. The van der Waals surface area contributed by atoms with Crippen LogP contribution in [0.25, 0.3) is 0 Å². The standard InChI is InChI=1S/C23H24N2O5/c1-28-19-5-3-2-4-16(19)22(26)24-8-10-25(11-9-24)23(27)18-13-17(18)15-6-7-20-21(12-15)30-14-29-20/h2-7,12,17-18H,8-11,13-14H2,1H3. The summed E-state index contributed by atoms with van der Waals surface area (Å²) in [5.74, 6) is 2.48. The number of carbonyl (C=O) groups is 2. The molecule has 156 valence electrons. The number of para-hydroxylation sites is 1. The molecule has 2 atom stereocenters. The summed E-state index contributed by atoms with van der Waals surface area (Å²) >= 11 is 0. The maximum atomic E-state index is 13.0. The van der Waals surface area contributed by atoms with Gasteiger partial charge in [-0.15, -0.1) is 0 Å². The van der Waals surface area contributed by atoms with Crippen LogP contribution in [0.5, 0.6) is 17.2 Å². The SMILES string of the molecule is COc1ccccc1C(=O)N1CCN(C(=O)C2CC2c2ccc3c(c2)OCO3)CC1. The molecule has 2 aliphatic heterocycles. The van der Waals surface area contributed by atoms with Gasteiger partial charge in [-0.25, -0.2) is 0 Å². The molecule has 0 aromatic heterocycles. The lowest BCUT2D eigenvalue weighted by Crippen LogP contribution is -2.51. The van der Waals surface area contributed by atoms with Crippen molar-refractivity contribution in [2.75, 3.05) is 40.1 Å². The summed E-state index contributed by atoms with van der Waals surface area (Å²) in [6.07, 6.45) is 0.860. The van der Waals surface area contributed by atoms with E-state index in [2.05, 4.69) is 0 Å². The molecule has 0 bridgehead atoms. The topological polar surface area (TPSA) is 68.3 Å². The minimum Gasteiger partial charge on any atom is -0.496 e. The van der Waals surface area contributed by atoms with E-state index in [0.717, 1.165) is 23.5 Å². The molecule has 3 aliphatic rings. The molecule has 2 fully saturated rings. The van der Waals surface area contributed by atoms with Crippen LogP contribution in [0.3, 0.4) is 0 Å². The lowest BCUT2D eigenvalue weighted by atomic mass is 10.1. The van der Waals surface area contributed by atoms with Crippen LogP contribution in [-0.2, 0) is 4.79 Å². The normalized spacial score (nSPS) is 22.0.